The van der Waals surface area contributed by atoms with E-state index in [-0.39, 0.29) is 12.2 Å². The van der Waals surface area contributed by atoms with Gasteiger partial charge >= 0.3 is 0 Å². The van der Waals surface area contributed by atoms with Crippen molar-refractivity contribution in [1.82, 2.24) is 10.2 Å². The lowest BCUT2D eigenvalue weighted by molar-refractivity contribution is -0.130. The Morgan fingerprint density at radius 2 is 2.20 bits per heavy atom. The third-order valence-corrected chi connectivity index (χ3v) is 4.41. The Morgan fingerprint density at radius 1 is 1.40 bits per heavy atom. The highest BCUT2D eigenvalue weighted by Crippen LogP contribution is 2.21. The Hall–Kier alpha value is -0.610. The second kappa shape index (κ2) is 7.41. The zero-order valence-electron chi connectivity index (χ0n) is 13.2. The molecule has 2 fully saturated rings. The molecule has 2 saturated heterocycles. The van der Waals surface area contributed by atoms with Crippen LogP contribution in [-0.2, 0) is 9.53 Å². The average Bonchev–Trinajstić information content (AvgIpc) is 2.73. The molecule has 20 heavy (non-hydrogen) atoms. The van der Waals surface area contributed by atoms with Gasteiger partial charge in [-0.2, -0.15) is 0 Å². The molecule has 0 saturated carbocycles. The zero-order valence-corrected chi connectivity index (χ0v) is 13.2. The van der Waals surface area contributed by atoms with Crippen LogP contribution < -0.4 is 5.32 Å². The zero-order chi connectivity index (χ0) is 14.5. The summed E-state index contributed by atoms with van der Waals surface area (Å²) < 4.78 is 5.77. The first-order valence-corrected chi connectivity index (χ1v) is 8.30. The highest BCUT2D eigenvalue weighted by atomic mass is 16.5. The first kappa shape index (κ1) is 15.8. The molecule has 2 heterocycles. The molecular weight excluding hydrogens is 252 g/mol. The average molecular weight is 282 g/mol. The number of amides is 1. The van der Waals surface area contributed by atoms with Crippen molar-refractivity contribution < 1.29 is 9.53 Å². The van der Waals surface area contributed by atoms with Crippen LogP contribution in [0.2, 0.25) is 0 Å². The molecule has 0 aromatic carbocycles. The summed E-state index contributed by atoms with van der Waals surface area (Å²) in [6, 6.07) is 0.0206. The van der Waals surface area contributed by atoms with Crippen molar-refractivity contribution in [2.45, 2.75) is 77.6 Å². The van der Waals surface area contributed by atoms with Crippen molar-refractivity contribution in [3.05, 3.63) is 0 Å². The van der Waals surface area contributed by atoms with Crippen LogP contribution in [0.1, 0.15) is 59.3 Å². The van der Waals surface area contributed by atoms with Crippen LogP contribution in [0.15, 0.2) is 0 Å². The summed E-state index contributed by atoms with van der Waals surface area (Å²) in [5.74, 6) is 0.844. The molecule has 0 aliphatic carbocycles. The quantitative estimate of drug-likeness (QED) is 0.814. The molecule has 1 N–H and O–H groups in total. The van der Waals surface area contributed by atoms with Crippen LogP contribution in [0.5, 0.6) is 0 Å². The standard InChI is InChI=1S/C16H30N2O2/c1-4-15-17-14(11-12(2)3)16(19)18(15)9-8-13-7-5-6-10-20-13/h12-15,17H,4-11H2,1-3H3. The van der Waals surface area contributed by atoms with Crippen molar-refractivity contribution in [1.29, 1.82) is 0 Å². The SMILES string of the molecule is CCC1NC(CC(C)C)C(=O)N1CCC1CCCCO1. The highest BCUT2D eigenvalue weighted by molar-refractivity contribution is 5.84. The second-order valence-corrected chi connectivity index (χ2v) is 6.58. The summed E-state index contributed by atoms with van der Waals surface area (Å²) in [7, 11) is 0. The maximum atomic E-state index is 12.5. The van der Waals surface area contributed by atoms with E-state index in [1.54, 1.807) is 0 Å². The van der Waals surface area contributed by atoms with Gasteiger partial charge in [0, 0.05) is 13.2 Å². The number of carbonyl (C=O) groups is 1. The number of carbonyl (C=O) groups excluding carboxylic acids is 1. The van der Waals surface area contributed by atoms with E-state index < -0.39 is 0 Å². The fourth-order valence-corrected chi connectivity index (χ4v) is 3.31. The maximum Gasteiger partial charge on any atom is 0.241 e. The Kier molecular flexibility index (Phi) is 5.85. The third-order valence-electron chi connectivity index (χ3n) is 4.41. The summed E-state index contributed by atoms with van der Waals surface area (Å²) >= 11 is 0. The molecule has 2 aliphatic rings. The van der Waals surface area contributed by atoms with Crippen LogP contribution in [0.25, 0.3) is 0 Å². The van der Waals surface area contributed by atoms with E-state index in [4.69, 9.17) is 4.74 Å². The van der Waals surface area contributed by atoms with Gasteiger partial charge in [0.15, 0.2) is 0 Å². The Bertz CT molecular complexity index is 314. The largest absolute Gasteiger partial charge is 0.378 e. The van der Waals surface area contributed by atoms with Gasteiger partial charge in [0.2, 0.25) is 5.91 Å². The molecule has 3 atom stereocenters. The van der Waals surface area contributed by atoms with Crippen molar-refractivity contribution in [3.63, 3.8) is 0 Å². The number of hydrogen-bond donors (Lipinski definition) is 1. The van der Waals surface area contributed by atoms with Gasteiger partial charge in [0.25, 0.3) is 0 Å². The minimum Gasteiger partial charge on any atom is -0.378 e. The summed E-state index contributed by atoms with van der Waals surface area (Å²) in [5, 5.41) is 3.50. The molecule has 0 aromatic heterocycles. The second-order valence-electron chi connectivity index (χ2n) is 6.58. The van der Waals surface area contributed by atoms with E-state index >= 15 is 0 Å². The van der Waals surface area contributed by atoms with E-state index in [1.165, 1.54) is 12.8 Å². The molecule has 116 valence electrons. The van der Waals surface area contributed by atoms with Crippen LogP contribution in [0.3, 0.4) is 0 Å². The van der Waals surface area contributed by atoms with E-state index in [0.717, 1.165) is 38.8 Å². The molecular formula is C16H30N2O2. The van der Waals surface area contributed by atoms with Crippen LogP contribution >= 0.6 is 0 Å². The number of nitrogens with one attached hydrogen (secondary N) is 1. The maximum absolute atomic E-state index is 12.5. The molecule has 4 heteroatoms. The molecule has 4 nitrogen and oxygen atoms in total. The molecule has 2 aliphatic heterocycles. The Balaban J connectivity index is 1.86. The molecule has 0 aromatic rings. The fourth-order valence-electron chi connectivity index (χ4n) is 3.31. The molecule has 0 bridgehead atoms. The van der Waals surface area contributed by atoms with Crippen molar-refractivity contribution >= 4 is 5.91 Å². The van der Waals surface area contributed by atoms with Gasteiger partial charge in [-0.15, -0.1) is 0 Å². The Labute approximate surface area is 123 Å². The number of nitrogens with zero attached hydrogens (tertiary/aromatic N) is 1. The normalized spacial score (nSPS) is 31.3. The van der Waals surface area contributed by atoms with Crippen molar-refractivity contribution in [2.24, 2.45) is 5.92 Å². The van der Waals surface area contributed by atoms with E-state index in [1.807, 2.05) is 4.90 Å². The lowest BCUT2D eigenvalue weighted by atomic mass is 10.0. The lowest BCUT2D eigenvalue weighted by Crippen LogP contribution is -2.39. The summed E-state index contributed by atoms with van der Waals surface area (Å²) in [6.07, 6.45) is 7.09. The van der Waals surface area contributed by atoms with Gasteiger partial charge in [-0.3, -0.25) is 10.1 Å². The van der Waals surface area contributed by atoms with Gasteiger partial charge in [-0.05, 0) is 44.4 Å². The van der Waals surface area contributed by atoms with Crippen molar-refractivity contribution in [3.8, 4) is 0 Å². The predicted octanol–water partition coefficient (Wildman–Crippen LogP) is 2.53. The minimum atomic E-state index is 0.0206. The van der Waals surface area contributed by atoms with Crippen LogP contribution in [0.4, 0.5) is 0 Å². The summed E-state index contributed by atoms with van der Waals surface area (Å²) in [5.41, 5.74) is 0. The predicted molar refractivity (Wildman–Crippen MR) is 80.4 cm³/mol. The smallest absolute Gasteiger partial charge is 0.241 e. The molecule has 2 rings (SSSR count). The topological polar surface area (TPSA) is 41.6 Å². The third kappa shape index (κ3) is 3.95. The van der Waals surface area contributed by atoms with Gasteiger partial charge in [0.05, 0.1) is 18.3 Å². The van der Waals surface area contributed by atoms with E-state index in [2.05, 4.69) is 26.1 Å². The van der Waals surface area contributed by atoms with E-state index in [0.29, 0.717) is 17.9 Å². The number of ether oxygens (including phenoxy) is 1. The molecule has 3 unspecified atom stereocenters. The monoisotopic (exact) mass is 282 g/mol. The molecule has 0 radical (unpaired) electrons. The van der Waals surface area contributed by atoms with Gasteiger partial charge in [0.1, 0.15) is 0 Å². The fraction of sp³-hybridized carbons (Fsp3) is 0.938. The highest BCUT2D eigenvalue weighted by Gasteiger charge is 2.37. The van der Waals surface area contributed by atoms with Crippen molar-refractivity contribution in [2.75, 3.05) is 13.2 Å². The molecule has 0 spiro atoms. The minimum absolute atomic E-state index is 0.0206. The number of hydrogen-bond acceptors (Lipinski definition) is 3. The first-order valence-electron chi connectivity index (χ1n) is 8.30. The first-order chi connectivity index (χ1) is 9.61. The van der Waals surface area contributed by atoms with Crippen LogP contribution in [0, 0.1) is 5.92 Å². The van der Waals surface area contributed by atoms with Gasteiger partial charge in [-0.25, -0.2) is 0 Å². The number of rotatable bonds is 6. The van der Waals surface area contributed by atoms with E-state index in [9.17, 15) is 4.79 Å². The van der Waals surface area contributed by atoms with Crippen LogP contribution in [-0.4, -0.2) is 42.3 Å². The Morgan fingerprint density at radius 3 is 2.80 bits per heavy atom. The van der Waals surface area contributed by atoms with Gasteiger partial charge in [-0.1, -0.05) is 20.8 Å². The summed E-state index contributed by atoms with van der Waals surface area (Å²) in [6.45, 7) is 8.23. The lowest BCUT2D eigenvalue weighted by Gasteiger charge is -2.27. The summed E-state index contributed by atoms with van der Waals surface area (Å²) in [4.78, 5) is 14.6. The molecule has 1 amide bonds. The van der Waals surface area contributed by atoms with Gasteiger partial charge < -0.3 is 9.64 Å².